The molecule has 0 aliphatic carbocycles. The maximum absolute atomic E-state index is 15.8. The number of carboxylic acid groups (broad SMARTS) is 1. The van der Waals surface area contributed by atoms with Crippen molar-refractivity contribution in [1.29, 1.82) is 0 Å². The van der Waals surface area contributed by atoms with Gasteiger partial charge in [-0.2, -0.15) is 0 Å². The van der Waals surface area contributed by atoms with Crippen LogP contribution in [0.3, 0.4) is 0 Å². The van der Waals surface area contributed by atoms with Crippen LogP contribution in [0, 0.1) is 17.6 Å². The number of benzene rings is 2. The lowest BCUT2D eigenvalue weighted by Crippen LogP contribution is -2.34. The van der Waals surface area contributed by atoms with Crippen LogP contribution in [0.25, 0.3) is 10.1 Å². The third-order valence-corrected chi connectivity index (χ3v) is 10.9. The third kappa shape index (κ3) is 10.4. The van der Waals surface area contributed by atoms with Crippen LogP contribution >= 0.6 is 11.3 Å². The number of ketones is 1. The summed E-state index contributed by atoms with van der Waals surface area (Å²) >= 11 is 1.03. The number of halogens is 2. The van der Waals surface area contributed by atoms with E-state index in [1.54, 1.807) is 6.07 Å². The van der Waals surface area contributed by atoms with Gasteiger partial charge in [0.15, 0.2) is 40.4 Å². The molecule has 2 aliphatic heterocycles. The van der Waals surface area contributed by atoms with Gasteiger partial charge < -0.3 is 33.7 Å². The quantitative estimate of drug-likeness (QED) is 0.0526. The Morgan fingerprint density at radius 3 is 2.25 bits per heavy atom. The van der Waals surface area contributed by atoms with Crippen molar-refractivity contribution in [3.05, 3.63) is 45.8 Å². The maximum atomic E-state index is 15.8. The number of hydrogen-bond donors (Lipinski definition) is 1. The van der Waals surface area contributed by atoms with Gasteiger partial charge in [-0.15, -0.1) is 11.3 Å². The molecule has 2 aliphatic rings. The number of Topliss-reactive ketones (excluding diaryl/α,β-unsaturated/α-hetero) is 1. The number of ether oxygens (including phenoxy) is 5. The number of carbonyl (C=O) groups is 6. The summed E-state index contributed by atoms with van der Waals surface area (Å²) in [5, 5.41) is 9.00. The van der Waals surface area contributed by atoms with E-state index in [1.165, 1.54) is 31.3 Å². The van der Waals surface area contributed by atoms with E-state index in [9.17, 15) is 28.8 Å². The zero-order chi connectivity index (χ0) is 41.2. The first-order valence-corrected chi connectivity index (χ1v) is 19.6. The van der Waals surface area contributed by atoms with Crippen LogP contribution in [0.1, 0.15) is 91.9 Å². The number of amides is 3. The highest BCUT2D eigenvalue weighted by Gasteiger charge is 2.38. The lowest BCUT2D eigenvalue weighted by Gasteiger charge is -2.15. The molecule has 17 heteroatoms. The number of methoxy groups -OCH3 is 2. The van der Waals surface area contributed by atoms with E-state index < -0.39 is 35.3 Å². The number of rotatable bonds is 22. The molecule has 3 heterocycles. The highest BCUT2D eigenvalue weighted by Crippen LogP contribution is 2.41. The van der Waals surface area contributed by atoms with Gasteiger partial charge in [0.05, 0.1) is 51.7 Å². The second kappa shape index (κ2) is 19.7. The predicted octanol–water partition coefficient (Wildman–Crippen LogP) is 6.21. The summed E-state index contributed by atoms with van der Waals surface area (Å²) in [5.74, 6) is -5.05. The van der Waals surface area contributed by atoms with Crippen molar-refractivity contribution < 1.29 is 66.3 Å². The summed E-state index contributed by atoms with van der Waals surface area (Å²) in [7, 11) is 2.69. The van der Waals surface area contributed by atoms with Crippen molar-refractivity contribution in [3.8, 4) is 23.0 Å². The summed E-state index contributed by atoms with van der Waals surface area (Å²) in [5.41, 5.74) is 0.770. The molecule has 3 amide bonds. The molecule has 0 saturated carbocycles. The van der Waals surface area contributed by atoms with Gasteiger partial charge in [0.1, 0.15) is 6.61 Å². The molecule has 57 heavy (non-hydrogen) atoms. The number of fused-ring (bicyclic) bond motifs is 2. The molecule has 5 rings (SSSR count). The molecule has 0 spiro atoms. The molecule has 308 valence electrons. The third-order valence-electron chi connectivity index (χ3n) is 9.80. The molecule has 2 aromatic carbocycles. The highest BCUT2D eigenvalue weighted by atomic mass is 32.1. The molecule has 1 unspecified atom stereocenters. The van der Waals surface area contributed by atoms with Gasteiger partial charge in [-0.3, -0.25) is 33.7 Å². The number of aliphatic carboxylic acids is 1. The zero-order valence-electron chi connectivity index (χ0n) is 32.1. The number of carboxylic acids is 1. The van der Waals surface area contributed by atoms with Crippen LogP contribution < -0.4 is 18.9 Å². The summed E-state index contributed by atoms with van der Waals surface area (Å²) in [6.45, 7) is 1.81. The molecule has 1 atom stereocenters. The largest absolute Gasteiger partial charge is 0.493 e. The van der Waals surface area contributed by atoms with E-state index in [0.29, 0.717) is 16.7 Å². The number of imide groups is 1. The van der Waals surface area contributed by atoms with Crippen LogP contribution in [0.2, 0.25) is 0 Å². The van der Waals surface area contributed by atoms with Gasteiger partial charge in [0.2, 0.25) is 17.7 Å². The summed E-state index contributed by atoms with van der Waals surface area (Å²) < 4.78 is 59.1. The summed E-state index contributed by atoms with van der Waals surface area (Å²) in [4.78, 5) is 76.3. The molecular weight excluding hydrogens is 771 g/mol. The summed E-state index contributed by atoms with van der Waals surface area (Å²) in [6.07, 6.45) is 2.89. The minimum absolute atomic E-state index is 0.0403. The van der Waals surface area contributed by atoms with Crippen molar-refractivity contribution in [1.82, 2.24) is 9.80 Å². The Kier molecular flexibility index (Phi) is 14.8. The molecular formula is C40H46F2N2O12S. The van der Waals surface area contributed by atoms with Crippen molar-refractivity contribution in [2.45, 2.75) is 84.2 Å². The number of hydrogen-bond acceptors (Lipinski definition) is 12. The molecule has 0 radical (unpaired) electrons. The van der Waals surface area contributed by atoms with E-state index >= 15 is 8.78 Å². The standard InChI is InChI=1S/C40H46F2N2O12S/c1-4-5-6-8-23-18-33(47)44(40(23)51)13-16-54-35(50)12-9-27(45)31-19-25-30(57-31)20-29(53-3)39(36(25)41)56-15-7-14-55-38-28(52-2)17-24-21-43(22-26(24)37(38)42)32(46)10-11-34(48)49/h17,19-20,23H,4-16,18,21-22H2,1-3H3,(H,48,49). The molecule has 1 saturated heterocycles. The molecule has 0 bridgehead atoms. The van der Waals surface area contributed by atoms with E-state index in [2.05, 4.69) is 6.92 Å². The van der Waals surface area contributed by atoms with E-state index in [0.717, 1.165) is 35.5 Å². The molecule has 14 nitrogen and oxygen atoms in total. The monoisotopic (exact) mass is 816 g/mol. The van der Waals surface area contributed by atoms with Gasteiger partial charge >= 0.3 is 11.9 Å². The summed E-state index contributed by atoms with van der Waals surface area (Å²) in [6, 6.07) is 4.49. The Bertz CT molecular complexity index is 2020. The van der Waals surface area contributed by atoms with E-state index in [4.69, 9.17) is 28.8 Å². The fourth-order valence-electron chi connectivity index (χ4n) is 6.74. The number of likely N-dealkylation sites (tertiary alicyclic amines) is 1. The molecule has 1 aromatic heterocycles. The predicted molar refractivity (Wildman–Crippen MR) is 202 cm³/mol. The van der Waals surface area contributed by atoms with Crippen LogP contribution in [0.5, 0.6) is 23.0 Å². The van der Waals surface area contributed by atoms with Crippen LogP contribution in [-0.4, -0.2) is 90.9 Å². The van der Waals surface area contributed by atoms with E-state index in [1.807, 2.05) is 0 Å². The smallest absolute Gasteiger partial charge is 0.306 e. The molecule has 1 N–H and O–H groups in total. The van der Waals surface area contributed by atoms with Crippen molar-refractivity contribution >= 4 is 56.9 Å². The number of thiophene rings is 1. The number of nitrogens with zero attached hydrogens (tertiary/aromatic N) is 2. The van der Waals surface area contributed by atoms with Gasteiger partial charge in [0, 0.05) is 66.4 Å². The average molecular weight is 817 g/mol. The lowest BCUT2D eigenvalue weighted by atomic mass is 10.00. The first kappa shape index (κ1) is 42.8. The second-order valence-electron chi connectivity index (χ2n) is 13.7. The Hall–Kier alpha value is -5.32. The SMILES string of the molecule is CCCCCC1CC(=O)N(CCOC(=O)CCC(=O)c2cc3c(F)c(OCCCOc4c(OC)cc5c(c4F)CN(C(=O)CCC(=O)O)C5)c(OC)cc3s2)C1=O. The number of carbonyl (C=O) groups excluding carboxylic acids is 5. The Labute approximate surface area is 331 Å². The maximum Gasteiger partial charge on any atom is 0.306 e. The average Bonchev–Trinajstić information content (AvgIpc) is 3.90. The minimum atomic E-state index is -1.10. The second-order valence-corrected chi connectivity index (χ2v) is 14.8. The zero-order valence-corrected chi connectivity index (χ0v) is 32.9. The Balaban J connectivity index is 1.11. The van der Waals surface area contributed by atoms with Crippen molar-refractivity contribution in [3.63, 3.8) is 0 Å². The fraction of sp³-hybridized carbons (Fsp3) is 0.500. The van der Waals surface area contributed by atoms with Crippen molar-refractivity contribution in [2.75, 3.05) is 40.6 Å². The first-order valence-electron chi connectivity index (χ1n) is 18.8. The lowest BCUT2D eigenvalue weighted by molar-refractivity contribution is -0.148. The fourth-order valence-corrected chi connectivity index (χ4v) is 7.79. The molecule has 1 fully saturated rings. The minimum Gasteiger partial charge on any atom is -0.493 e. The van der Waals surface area contributed by atoms with Crippen LogP contribution in [-0.2, 0) is 41.8 Å². The topological polar surface area (TPSA) is 175 Å². The van der Waals surface area contributed by atoms with Gasteiger partial charge in [-0.05, 0) is 24.1 Å². The van der Waals surface area contributed by atoms with Gasteiger partial charge in [-0.25, -0.2) is 8.78 Å². The number of esters is 1. The van der Waals surface area contributed by atoms with Crippen molar-refractivity contribution in [2.24, 2.45) is 5.92 Å². The van der Waals surface area contributed by atoms with Gasteiger partial charge in [0.25, 0.3) is 0 Å². The van der Waals surface area contributed by atoms with E-state index in [-0.39, 0.29) is 135 Å². The molecule has 3 aromatic rings. The highest BCUT2D eigenvalue weighted by molar-refractivity contribution is 7.20. The normalized spacial score (nSPS) is 14.9. The van der Waals surface area contributed by atoms with Crippen LogP contribution in [0.15, 0.2) is 18.2 Å². The van der Waals surface area contributed by atoms with Gasteiger partial charge in [-0.1, -0.05) is 26.2 Å². The first-order chi connectivity index (χ1) is 27.4. The Morgan fingerprint density at radius 1 is 0.860 bits per heavy atom. The van der Waals surface area contributed by atoms with Crippen LogP contribution in [0.4, 0.5) is 8.78 Å². The Morgan fingerprint density at radius 2 is 1.56 bits per heavy atom. The number of unbranched alkanes of at least 4 members (excludes halogenated alkanes) is 2.